The van der Waals surface area contributed by atoms with Crippen molar-refractivity contribution in [2.75, 3.05) is 18.4 Å². The molecule has 1 N–H and O–H groups in total. The molecule has 1 aromatic carbocycles. The first kappa shape index (κ1) is 16.6. The maximum Gasteiger partial charge on any atom is 0.323 e. The number of benzene rings is 1. The van der Waals surface area contributed by atoms with E-state index in [2.05, 4.69) is 20.6 Å². The lowest BCUT2D eigenvalue weighted by Gasteiger charge is -2.31. The highest BCUT2D eigenvalue weighted by Crippen LogP contribution is 2.26. The summed E-state index contributed by atoms with van der Waals surface area (Å²) in [5, 5.41) is 13.0. The van der Waals surface area contributed by atoms with Gasteiger partial charge in [0.1, 0.15) is 5.82 Å². The fourth-order valence-electron chi connectivity index (χ4n) is 3.03. The summed E-state index contributed by atoms with van der Waals surface area (Å²) in [4.78, 5) is 18.6. The number of nitrogens with one attached hydrogen (secondary N) is 1. The lowest BCUT2D eigenvalue weighted by atomic mass is 10.1. The number of aromatic nitrogens is 4. The second-order valence-electron chi connectivity index (χ2n) is 6.08. The van der Waals surface area contributed by atoms with Crippen LogP contribution in [-0.2, 0) is 0 Å². The number of hydrogen-bond acceptors (Lipinski definition) is 5. The largest absolute Gasteiger partial charge is 0.324 e. The molecule has 0 saturated carbocycles. The molecule has 0 radical (unpaired) electrons. The van der Waals surface area contributed by atoms with Crippen LogP contribution in [0.5, 0.6) is 0 Å². The number of nitrogens with zero attached hydrogens (tertiary/aromatic N) is 5. The molecule has 0 unspecified atom stereocenters. The van der Waals surface area contributed by atoms with Crippen LogP contribution in [0.1, 0.15) is 18.9 Å². The molecule has 0 spiro atoms. The summed E-state index contributed by atoms with van der Waals surface area (Å²) >= 11 is 1.33. The Hall–Kier alpha value is -2.81. The van der Waals surface area contributed by atoms with Crippen molar-refractivity contribution in [1.29, 1.82) is 0 Å². The van der Waals surface area contributed by atoms with E-state index in [1.165, 1.54) is 23.5 Å². The standard InChI is InChI=1S/C17H17FN6OS/c18-13-3-1-2-12(10-13)15-11-26-16(20-15)21-17(25)23-7-4-14(5-8-23)24-9-6-19-22-24/h1-3,6,9-11,14H,4-5,7-8H2,(H,20,21,25). The van der Waals surface area contributed by atoms with Crippen molar-refractivity contribution in [3.63, 3.8) is 0 Å². The predicted molar refractivity (Wildman–Crippen MR) is 96.4 cm³/mol. The molecule has 0 aliphatic carbocycles. The van der Waals surface area contributed by atoms with Crippen LogP contribution in [0.2, 0.25) is 0 Å². The van der Waals surface area contributed by atoms with Gasteiger partial charge in [0.25, 0.3) is 0 Å². The summed E-state index contributed by atoms with van der Waals surface area (Å²) in [5.74, 6) is -0.309. The van der Waals surface area contributed by atoms with E-state index in [-0.39, 0.29) is 17.9 Å². The fraction of sp³-hybridized carbons (Fsp3) is 0.294. The number of rotatable bonds is 3. The summed E-state index contributed by atoms with van der Waals surface area (Å²) in [5.41, 5.74) is 1.34. The molecular weight excluding hydrogens is 355 g/mol. The number of thiazole rings is 1. The Morgan fingerprint density at radius 3 is 2.88 bits per heavy atom. The molecule has 1 saturated heterocycles. The molecular formula is C17H17FN6OS. The summed E-state index contributed by atoms with van der Waals surface area (Å²) in [6.45, 7) is 1.30. The maximum atomic E-state index is 13.3. The van der Waals surface area contributed by atoms with Gasteiger partial charge in [0.15, 0.2) is 5.13 Å². The van der Waals surface area contributed by atoms with Crippen LogP contribution in [0.3, 0.4) is 0 Å². The van der Waals surface area contributed by atoms with Gasteiger partial charge in [0, 0.05) is 30.2 Å². The molecule has 1 aliphatic heterocycles. The molecule has 1 aliphatic rings. The fourth-order valence-corrected chi connectivity index (χ4v) is 3.74. The predicted octanol–water partition coefficient (Wildman–Crippen LogP) is 3.41. The third-order valence-electron chi connectivity index (χ3n) is 4.41. The molecule has 7 nitrogen and oxygen atoms in total. The van der Waals surface area contributed by atoms with Crippen molar-refractivity contribution in [2.24, 2.45) is 0 Å². The van der Waals surface area contributed by atoms with E-state index >= 15 is 0 Å². The van der Waals surface area contributed by atoms with Crippen molar-refractivity contribution in [3.05, 3.63) is 47.9 Å². The Kier molecular flexibility index (Phi) is 4.61. The Labute approximate surface area is 153 Å². The number of anilines is 1. The number of piperidine rings is 1. The zero-order valence-corrected chi connectivity index (χ0v) is 14.7. The average molecular weight is 372 g/mol. The van der Waals surface area contributed by atoms with Gasteiger partial charge in [-0.25, -0.2) is 18.9 Å². The van der Waals surface area contributed by atoms with Crippen LogP contribution in [0.15, 0.2) is 42.0 Å². The van der Waals surface area contributed by atoms with E-state index < -0.39 is 0 Å². The highest BCUT2D eigenvalue weighted by molar-refractivity contribution is 7.14. The number of urea groups is 1. The first-order valence-electron chi connectivity index (χ1n) is 8.32. The zero-order chi connectivity index (χ0) is 17.9. The van der Waals surface area contributed by atoms with Crippen molar-refractivity contribution in [1.82, 2.24) is 24.9 Å². The van der Waals surface area contributed by atoms with Gasteiger partial charge >= 0.3 is 6.03 Å². The second kappa shape index (κ2) is 7.20. The number of carbonyl (C=O) groups excluding carboxylic acids is 1. The van der Waals surface area contributed by atoms with Gasteiger partial charge in [-0.15, -0.1) is 16.4 Å². The molecule has 4 rings (SSSR count). The third-order valence-corrected chi connectivity index (χ3v) is 5.16. The average Bonchev–Trinajstić information content (AvgIpc) is 3.34. The van der Waals surface area contributed by atoms with Crippen molar-refractivity contribution in [2.45, 2.75) is 18.9 Å². The minimum atomic E-state index is -0.309. The smallest absolute Gasteiger partial charge is 0.323 e. The van der Waals surface area contributed by atoms with E-state index in [9.17, 15) is 9.18 Å². The van der Waals surface area contributed by atoms with Gasteiger partial charge in [-0.3, -0.25) is 5.32 Å². The number of hydrogen-bond donors (Lipinski definition) is 1. The molecule has 134 valence electrons. The van der Waals surface area contributed by atoms with Crippen molar-refractivity contribution >= 4 is 22.5 Å². The zero-order valence-electron chi connectivity index (χ0n) is 13.9. The minimum Gasteiger partial charge on any atom is -0.324 e. The van der Waals surface area contributed by atoms with Gasteiger partial charge in [-0.2, -0.15) is 0 Å². The van der Waals surface area contributed by atoms with Gasteiger partial charge in [-0.1, -0.05) is 17.3 Å². The van der Waals surface area contributed by atoms with E-state index in [4.69, 9.17) is 0 Å². The summed E-state index contributed by atoms with van der Waals surface area (Å²) in [7, 11) is 0. The van der Waals surface area contributed by atoms with Gasteiger partial charge < -0.3 is 4.90 Å². The molecule has 0 bridgehead atoms. The Balaban J connectivity index is 1.35. The van der Waals surface area contributed by atoms with E-state index in [0.29, 0.717) is 29.5 Å². The van der Waals surface area contributed by atoms with Crippen LogP contribution in [0, 0.1) is 5.82 Å². The van der Waals surface area contributed by atoms with Crippen LogP contribution >= 0.6 is 11.3 Å². The summed E-state index contributed by atoms with van der Waals surface area (Å²) in [6.07, 6.45) is 5.19. The maximum absolute atomic E-state index is 13.3. The Bertz CT molecular complexity index is 888. The highest BCUT2D eigenvalue weighted by atomic mass is 32.1. The molecule has 3 aromatic rings. The molecule has 1 fully saturated rings. The van der Waals surface area contributed by atoms with Crippen molar-refractivity contribution < 1.29 is 9.18 Å². The molecule has 2 aromatic heterocycles. The molecule has 2 amide bonds. The number of halogens is 1. The van der Waals surface area contributed by atoms with E-state index in [0.717, 1.165) is 12.8 Å². The number of carbonyl (C=O) groups is 1. The number of amides is 2. The van der Waals surface area contributed by atoms with Crippen molar-refractivity contribution in [3.8, 4) is 11.3 Å². The van der Waals surface area contributed by atoms with E-state index in [1.54, 1.807) is 28.6 Å². The van der Waals surface area contributed by atoms with Crippen LogP contribution in [0.25, 0.3) is 11.3 Å². The summed E-state index contributed by atoms with van der Waals surface area (Å²) < 4.78 is 15.2. The van der Waals surface area contributed by atoms with Crippen LogP contribution in [0.4, 0.5) is 14.3 Å². The minimum absolute atomic E-state index is 0.165. The second-order valence-corrected chi connectivity index (χ2v) is 6.94. The normalized spacial score (nSPS) is 15.2. The molecule has 3 heterocycles. The third kappa shape index (κ3) is 3.57. The highest BCUT2D eigenvalue weighted by Gasteiger charge is 2.24. The first-order chi connectivity index (χ1) is 12.7. The molecule has 26 heavy (non-hydrogen) atoms. The molecule has 0 atom stereocenters. The van der Waals surface area contributed by atoms with Gasteiger partial charge in [-0.05, 0) is 25.0 Å². The monoisotopic (exact) mass is 372 g/mol. The first-order valence-corrected chi connectivity index (χ1v) is 9.20. The Morgan fingerprint density at radius 1 is 1.31 bits per heavy atom. The van der Waals surface area contributed by atoms with Gasteiger partial charge in [0.2, 0.25) is 0 Å². The van der Waals surface area contributed by atoms with Crippen LogP contribution in [-0.4, -0.2) is 44.0 Å². The van der Waals surface area contributed by atoms with E-state index in [1.807, 2.05) is 10.9 Å². The summed E-state index contributed by atoms with van der Waals surface area (Å²) in [6, 6.07) is 6.36. The molecule has 9 heteroatoms. The number of likely N-dealkylation sites (tertiary alicyclic amines) is 1. The van der Waals surface area contributed by atoms with Crippen LogP contribution < -0.4 is 5.32 Å². The topological polar surface area (TPSA) is 75.9 Å². The SMILES string of the molecule is O=C(Nc1nc(-c2cccc(F)c2)cs1)N1CCC(n2ccnn2)CC1. The lowest BCUT2D eigenvalue weighted by Crippen LogP contribution is -2.41. The lowest BCUT2D eigenvalue weighted by molar-refractivity contribution is 0.179. The quantitative estimate of drug-likeness (QED) is 0.764. The van der Waals surface area contributed by atoms with Gasteiger partial charge in [0.05, 0.1) is 17.9 Å². The Morgan fingerprint density at radius 2 is 2.15 bits per heavy atom.